The van der Waals surface area contributed by atoms with Gasteiger partial charge < -0.3 is 4.90 Å². The van der Waals surface area contributed by atoms with Crippen LogP contribution in [0.5, 0.6) is 0 Å². The van der Waals surface area contributed by atoms with E-state index in [0.717, 1.165) is 17.7 Å². The number of hydrogen-bond donors (Lipinski definition) is 1. The summed E-state index contributed by atoms with van der Waals surface area (Å²) in [6, 6.07) is 15.0. The van der Waals surface area contributed by atoms with Gasteiger partial charge in [0.15, 0.2) is 0 Å². The number of carbonyl (C=O) groups is 2. The Labute approximate surface area is 157 Å². The number of halogens is 1. The lowest BCUT2D eigenvalue weighted by Crippen LogP contribution is -2.30. The lowest BCUT2D eigenvalue weighted by atomic mass is 10.1. The summed E-state index contributed by atoms with van der Waals surface area (Å²) in [6.07, 6.45) is 2.67. The lowest BCUT2D eigenvalue weighted by molar-refractivity contribution is -0.126. The van der Waals surface area contributed by atoms with E-state index in [1.165, 1.54) is 11.8 Å². The molecule has 5 nitrogen and oxygen atoms in total. The van der Waals surface area contributed by atoms with Gasteiger partial charge >= 0.3 is 0 Å². The van der Waals surface area contributed by atoms with Gasteiger partial charge in [0, 0.05) is 23.7 Å². The fourth-order valence-corrected chi connectivity index (χ4v) is 3.09. The van der Waals surface area contributed by atoms with Gasteiger partial charge in [-0.15, -0.1) is 0 Å². The number of aryl methyl sites for hydroxylation is 1. The molecule has 26 heavy (non-hydrogen) atoms. The van der Waals surface area contributed by atoms with Crippen molar-refractivity contribution in [3.63, 3.8) is 0 Å². The van der Waals surface area contributed by atoms with Crippen molar-refractivity contribution in [1.29, 1.82) is 0 Å². The molecule has 1 N–H and O–H groups in total. The summed E-state index contributed by atoms with van der Waals surface area (Å²) in [5.41, 5.74) is 5.34. The first-order valence-electron chi connectivity index (χ1n) is 8.54. The number of hydrazone groups is 1. The Morgan fingerprint density at radius 2 is 2.08 bits per heavy atom. The number of nitrogens with one attached hydrogen (secondary N) is 1. The Hall–Kier alpha value is -2.66. The number of anilines is 1. The normalized spacial score (nSPS) is 17.1. The minimum Gasteiger partial charge on any atom is -0.312 e. The van der Waals surface area contributed by atoms with Crippen LogP contribution in [0, 0.1) is 5.92 Å². The van der Waals surface area contributed by atoms with Crippen molar-refractivity contribution in [3.8, 4) is 0 Å². The van der Waals surface area contributed by atoms with Crippen LogP contribution in [0.1, 0.15) is 24.5 Å². The molecule has 2 amide bonds. The summed E-state index contributed by atoms with van der Waals surface area (Å²) in [6.45, 7) is 2.45. The molecule has 3 rings (SSSR count). The molecule has 0 bridgehead atoms. The fraction of sp³-hybridized carbons (Fsp3) is 0.250. The standard InChI is InChI=1S/C20H20ClN3O2/c1-2-14-6-8-18(9-7-14)24-13-16(11-19(24)25)20(26)23-22-12-15-4-3-5-17(21)10-15/h3-10,12,16H,2,11,13H2,1H3,(H,23,26)/b22-12+/t16-/m1/s1. The van der Waals surface area contributed by atoms with Gasteiger partial charge in [0.05, 0.1) is 12.1 Å². The highest BCUT2D eigenvalue weighted by Crippen LogP contribution is 2.25. The van der Waals surface area contributed by atoms with Gasteiger partial charge in [-0.25, -0.2) is 5.43 Å². The second-order valence-electron chi connectivity index (χ2n) is 6.21. The molecule has 6 heteroatoms. The largest absolute Gasteiger partial charge is 0.312 e. The predicted octanol–water partition coefficient (Wildman–Crippen LogP) is 3.41. The van der Waals surface area contributed by atoms with Crippen molar-refractivity contribution in [3.05, 3.63) is 64.7 Å². The van der Waals surface area contributed by atoms with E-state index < -0.39 is 5.92 Å². The van der Waals surface area contributed by atoms with Gasteiger partial charge in [-0.05, 0) is 41.8 Å². The zero-order chi connectivity index (χ0) is 18.5. The fourth-order valence-electron chi connectivity index (χ4n) is 2.89. The molecule has 1 saturated heterocycles. The highest BCUT2D eigenvalue weighted by molar-refractivity contribution is 6.30. The third-order valence-electron chi connectivity index (χ3n) is 4.39. The Balaban J connectivity index is 1.59. The van der Waals surface area contributed by atoms with E-state index >= 15 is 0 Å². The average Bonchev–Trinajstić information content (AvgIpc) is 3.04. The van der Waals surface area contributed by atoms with Gasteiger partial charge in [-0.3, -0.25) is 9.59 Å². The van der Waals surface area contributed by atoms with Gasteiger partial charge in [0.25, 0.3) is 0 Å². The zero-order valence-corrected chi connectivity index (χ0v) is 15.2. The molecule has 134 valence electrons. The zero-order valence-electron chi connectivity index (χ0n) is 14.5. The lowest BCUT2D eigenvalue weighted by Gasteiger charge is -2.16. The number of carbonyl (C=O) groups excluding carboxylic acids is 2. The van der Waals surface area contributed by atoms with Crippen molar-refractivity contribution in [2.45, 2.75) is 19.8 Å². The number of nitrogens with zero attached hydrogens (tertiary/aromatic N) is 2. The Morgan fingerprint density at radius 3 is 2.77 bits per heavy atom. The molecule has 0 radical (unpaired) electrons. The second-order valence-corrected chi connectivity index (χ2v) is 6.65. The summed E-state index contributed by atoms with van der Waals surface area (Å²) in [5, 5.41) is 4.56. The van der Waals surface area contributed by atoms with Crippen molar-refractivity contribution < 1.29 is 9.59 Å². The molecule has 2 aromatic carbocycles. The van der Waals surface area contributed by atoms with E-state index in [1.54, 1.807) is 17.0 Å². The molecule has 0 aliphatic carbocycles. The van der Waals surface area contributed by atoms with Crippen LogP contribution in [-0.2, 0) is 16.0 Å². The molecule has 0 saturated carbocycles. The van der Waals surface area contributed by atoms with Crippen molar-refractivity contribution in [2.75, 3.05) is 11.4 Å². The number of rotatable bonds is 5. The van der Waals surface area contributed by atoms with E-state index in [9.17, 15) is 9.59 Å². The minimum atomic E-state index is -0.412. The number of benzene rings is 2. The third kappa shape index (κ3) is 4.29. The molecule has 1 aliphatic heterocycles. The van der Waals surface area contributed by atoms with Gasteiger partial charge in [-0.1, -0.05) is 42.8 Å². The highest BCUT2D eigenvalue weighted by atomic mass is 35.5. The summed E-state index contributed by atoms with van der Waals surface area (Å²) in [5.74, 6) is -0.720. The van der Waals surface area contributed by atoms with Crippen LogP contribution in [0.2, 0.25) is 5.02 Å². The van der Waals surface area contributed by atoms with E-state index in [1.807, 2.05) is 36.4 Å². The van der Waals surface area contributed by atoms with Crippen LogP contribution < -0.4 is 10.3 Å². The Bertz CT molecular complexity index is 833. The van der Waals surface area contributed by atoms with Gasteiger partial charge in [0.2, 0.25) is 11.8 Å². The molecule has 1 heterocycles. The first-order valence-corrected chi connectivity index (χ1v) is 8.92. The first kappa shape index (κ1) is 18.1. The van der Waals surface area contributed by atoms with Gasteiger partial charge in [0.1, 0.15) is 0 Å². The second kappa shape index (κ2) is 8.15. The van der Waals surface area contributed by atoms with Crippen LogP contribution in [0.25, 0.3) is 0 Å². The van der Waals surface area contributed by atoms with Crippen molar-refractivity contribution in [2.24, 2.45) is 11.0 Å². The highest BCUT2D eigenvalue weighted by Gasteiger charge is 2.35. The monoisotopic (exact) mass is 369 g/mol. The van der Waals surface area contributed by atoms with Crippen molar-refractivity contribution >= 4 is 35.3 Å². The molecular formula is C20H20ClN3O2. The summed E-state index contributed by atoms with van der Waals surface area (Å²) in [7, 11) is 0. The summed E-state index contributed by atoms with van der Waals surface area (Å²) in [4.78, 5) is 26.2. The van der Waals surface area contributed by atoms with Crippen LogP contribution >= 0.6 is 11.6 Å². The SMILES string of the molecule is CCc1ccc(N2C[C@H](C(=O)N/N=C/c3cccc(Cl)c3)CC2=O)cc1. The van der Waals surface area contributed by atoms with Crippen LogP contribution in [0.3, 0.4) is 0 Å². The van der Waals surface area contributed by atoms with Crippen LogP contribution in [0.4, 0.5) is 5.69 Å². The van der Waals surface area contributed by atoms with Crippen molar-refractivity contribution in [1.82, 2.24) is 5.43 Å². The molecule has 2 aromatic rings. The Morgan fingerprint density at radius 1 is 1.31 bits per heavy atom. The molecule has 1 aliphatic rings. The Kier molecular flexibility index (Phi) is 5.68. The molecule has 0 aromatic heterocycles. The molecule has 1 fully saturated rings. The summed E-state index contributed by atoms with van der Waals surface area (Å²) >= 11 is 5.91. The van der Waals surface area contributed by atoms with Gasteiger partial charge in [-0.2, -0.15) is 5.10 Å². The van der Waals surface area contributed by atoms with E-state index in [2.05, 4.69) is 17.5 Å². The quantitative estimate of drug-likeness (QED) is 0.648. The third-order valence-corrected chi connectivity index (χ3v) is 4.62. The maximum absolute atomic E-state index is 12.3. The first-order chi connectivity index (χ1) is 12.6. The smallest absolute Gasteiger partial charge is 0.245 e. The average molecular weight is 370 g/mol. The molecule has 0 spiro atoms. The molecular weight excluding hydrogens is 350 g/mol. The maximum atomic E-state index is 12.3. The van der Waals surface area contributed by atoms with E-state index in [4.69, 9.17) is 11.6 Å². The molecule has 0 unspecified atom stereocenters. The van der Waals surface area contributed by atoms with E-state index in [-0.39, 0.29) is 18.2 Å². The predicted molar refractivity (Wildman–Crippen MR) is 103 cm³/mol. The number of hydrogen-bond acceptors (Lipinski definition) is 3. The number of amides is 2. The summed E-state index contributed by atoms with van der Waals surface area (Å²) < 4.78 is 0. The van der Waals surface area contributed by atoms with Crippen LogP contribution in [0.15, 0.2) is 53.6 Å². The topological polar surface area (TPSA) is 61.8 Å². The molecule has 1 atom stereocenters. The van der Waals surface area contributed by atoms with Crippen LogP contribution in [-0.4, -0.2) is 24.6 Å². The van der Waals surface area contributed by atoms with E-state index in [0.29, 0.717) is 11.6 Å². The minimum absolute atomic E-state index is 0.0479. The maximum Gasteiger partial charge on any atom is 0.245 e.